The molecule has 0 saturated carbocycles. The van der Waals surface area contributed by atoms with Crippen LogP contribution in [0.3, 0.4) is 0 Å². The minimum atomic E-state index is 0.810. The lowest BCUT2D eigenvalue weighted by molar-refractivity contribution is 0.748. The van der Waals surface area contributed by atoms with Gasteiger partial charge in [0.15, 0.2) is 0 Å². The molecule has 0 saturated heterocycles. The first kappa shape index (κ1) is 8.31. The molecule has 13 heavy (non-hydrogen) atoms. The molecule has 3 nitrogen and oxygen atoms in total. The highest BCUT2D eigenvalue weighted by Gasteiger charge is 1.93. The lowest BCUT2D eigenvalue weighted by atomic mass is 10.4. The maximum Gasteiger partial charge on any atom is 0.137 e. The van der Waals surface area contributed by atoms with Crippen LogP contribution in [-0.2, 0) is 5.88 Å². The average molecular weight is 191 g/mol. The van der Waals surface area contributed by atoms with Gasteiger partial charge < -0.3 is 0 Å². The second-order valence-corrected chi connectivity index (χ2v) is 3.54. The van der Waals surface area contributed by atoms with Gasteiger partial charge in [0.2, 0.25) is 0 Å². The Morgan fingerprint density at radius 2 is 2.08 bits per heavy atom. The standard InChI is InChI=1S/C9H9N3S/c1-2-4-9(5-3-1)13-8-12-7-10-6-11-12/h1-7H,8H2. The van der Waals surface area contributed by atoms with E-state index in [1.807, 2.05) is 18.2 Å². The van der Waals surface area contributed by atoms with Gasteiger partial charge in [0.05, 0.1) is 5.88 Å². The van der Waals surface area contributed by atoms with E-state index < -0.39 is 0 Å². The van der Waals surface area contributed by atoms with Gasteiger partial charge in [0, 0.05) is 4.90 Å². The number of aromatic nitrogens is 3. The van der Waals surface area contributed by atoms with Gasteiger partial charge in [-0.25, -0.2) is 9.67 Å². The Morgan fingerprint density at radius 1 is 1.23 bits per heavy atom. The van der Waals surface area contributed by atoms with E-state index in [0.717, 1.165) is 5.88 Å². The fourth-order valence-electron chi connectivity index (χ4n) is 0.957. The third-order valence-electron chi connectivity index (χ3n) is 1.57. The van der Waals surface area contributed by atoms with Crippen molar-refractivity contribution < 1.29 is 0 Å². The highest BCUT2D eigenvalue weighted by Crippen LogP contribution is 2.17. The fourth-order valence-corrected chi connectivity index (χ4v) is 1.72. The summed E-state index contributed by atoms with van der Waals surface area (Å²) in [5, 5.41) is 4.02. The van der Waals surface area contributed by atoms with E-state index in [-0.39, 0.29) is 0 Å². The fraction of sp³-hybridized carbons (Fsp3) is 0.111. The van der Waals surface area contributed by atoms with Gasteiger partial charge in [-0.2, -0.15) is 5.10 Å². The Morgan fingerprint density at radius 3 is 2.77 bits per heavy atom. The van der Waals surface area contributed by atoms with E-state index in [4.69, 9.17) is 0 Å². The summed E-state index contributed by atoms with van der Waals surface area (Å²) < 4.78 is 1.80. The molecule has 0 amide bonds. The molecule has 0 unspecified atom stereocenters. The molecular formula is C9H9N3S. The maximum atomic E-state index is 4.02. The zero-order valence-electron chi connectivity index (χ0n) is 7.00. The molecule has 0 aliphatic rings. The number of benzene rings is 1. The topological polar surface area (TPSA) is 30.7 Å². The number of rotatable bonds is 3. The van der Waals surface area contributed by atoms with Crippen LogP contribution in [0.5, 0.6) is 0 Å². The Hall–Kier alpha value is -1.29. The van der Waals surface area contributed by atoms with E-state index in [9.17, 15) is 0 Å². The van der Waals surface area contributed by atoms with Crippen molar-refractivity contribution in [2.75, 3.05) is 0 Å². The third kappa shape index (κ3) is 2.32. The van der Waals surface area contributed by atoms with E-state index in [1.165, 1.54) is 4.90 Å². The summed E-state index contributed by atoms with van der Waals surface area (Å²) in [5.41, 5.74) is 0. The Balaban J connectivity index is 1.94. The minimum Gasteiger partial charge on any atom is -0.243 e. The van der Waals surface area contributed by atoms with Crippen LogP contribution in [0, 0.1) is 0 Å². The predicted octanol–water partition coefficient (Wildman–Crippen LogP) is 2.03. The molecule has 2 aromatic rings. The van der Waals surface area contributed by atoms with Gasteiger partial charge in [-0.3, -0.25) is 0 Å². The maximum absolute atomic E-state index is 4.02. The largest absolute Gasteiger partial charge is 0.243 e. The lowest BCUT2D eigenvalue weighted by Gasteiger charge is -1.99. The molecule has 66 valence electrons. The predicted molar refractivity (Wildman–Crippen MR) is 52.3 cm³/mol. The molecular weight excluding hydrogens is 182 g/mol. The van der Waals surface area contributed by atoms with Crippen molar-refractivity contribution in [3.05, 3.63) is 43.0 Å². The number of hydrogen-bond donors (Lipinski definition) is 0. The SMILES string of the molecule is c1ccc(SCn2cncn2)cc1. The third-order valence-corrected chi connectivity index (χ3v) is 2.57. The molecule has 0 aliphatic heterocycles. The van der Waals surface area contributed by atoms with E-state index in [2.05, 4.69) is 22.2 Å². The molecule has 4 heteroatoms. The molecule has 0 fully saturated rings. The van der Waals surface area contributed by atoms with Crippen molar-refractivity contribution in [2.45, 2.75) is 10.8 Å². The molecule has 1 aromatic carbocycles. The number of hydrogen-bond acceptors (Lipinski definition) is 3. The molecule has 0 spiro atoms. The average Bonchev–Trinajstić information content (AvgIpc) is 2.69. The first-order chi connectivity index (χ1) is 6.45. The van der Waals surface area contributed by atoms with E-state index >= 15 is 0 Å². The second-order valence-electron chi connectivity index (χ2n) is 2.52. The van der Waals surface area contributed by atoms with Gasteiger partial charge >= 0.3 is 0 Å². The Bertz CT molecular complexity index is 344. The normalized spacial score (nSPS) is 10.2. The first-order valence-corrected chi connectivity index (χ1v) is 4.94. The van der Waals surface area contributed by atoms with Crippen LogP contribution in [0.1, 0.15) is 0 Å². The molecule has 1 heterocycles. The molecule has 1 aromatic heterocycles. The summed E-state index contributed by atoms with van der Waals surface area (Å²) in [4.78, 5) is 5.12. The highest BCUT2D eigenvalue weighted by atomic mass is 32.2. The Kier molecular flexibility index (Phi) is 2.62. The molecule has 2 rings (SSSR count). The van der Waals surface area contributed by atoms with E-state index in [0.29, 0.717) is 0 Å². The number of thioether (sulfide) groups is 1. The zero-order valence-corrected chi connectivity index (χ0v) is 7.81. The van der Waals surface area contributed by atoms with Gasteiger partial charge in [-0.1, -0.05) is 18.2 Å². The van der Waals surface area contributed by atoms with Crippen LogP contribution >= 0.6 is 11.8 Å². The second kappa shape index (κ2) is 4.09. The first-order valence-electron chi connectivity index (χ1n) is 3.95. The molecule has 0 radical (unpaired) electrons. The van der Waals surface area contributed by atoms with Gasteiger partial charge in [-0.05, 0) is 12.1 Å². The van der Waals surface area contributed by atoms with Crippen molar-refractivity contribution in [1.82, 2.24) is 14.8 Å². The summed E-state index contributed by atoms with van der Waals surface area (Å²) in [6.45, 7) is 0. The van der Waals surface area contributed by atoms with Gasteiger partial charge in [0.25, 0.3) is 0 Å². The van der Waals surface area contributed by atoms with Crippen molar-refractivity contribution in [1.29, 1.82) is 0 Å². The van der Waals surface area contributed by atoms with Crippen LogP contribution in [0.4, 0.5) is 0 Å². The lowest BCUT2D eigenvalue weighted by Crippen LogP contribution is -1.93. The van der Waals surface area contributed by atoms with E-state index in [1.54, 1.807) is 29.1 Å². The zero-order chi connectivity index (χ0) is 8.93. The smallest absolute Gasteiger partial charge is 0.137 e. The van der Waals surface area contributed by atoms with Crippen LogP contribution in [-0.4, -0.2) is 14.8 Å². The molecule has 0 bridgehead atoms. The summed E-state index contributed by atoms with van der Waals surface area (Å²) >= 11 is 1.74. The summed E-state index contributed by atoms with van der Waals surface area (Å²) in [6.07, 6.45) is 3.27. The van der Waals surface area contributed by atoms with Crippen molar-refractivity contribution >= 4 is 11.8 Å². The molecule has 0 aliphatic carbocycles. The number of nitrogens with zero attached hydrogens (tertiary/aromatic N) is 3. The van der Waals surface area contributed by atoms with Crippen LogP contribution in [0.2, 0.25) is 0 Å². The Labute approximate surface area is 80.8 Å². The van der Waals surface area contributed by atoms with Gasteiger partial charge in [-0.15, -0.1) is 11.8 Å². The molecule has 0 N–H and O–H groups in total. The van der Waals surface area contributed by atoms with Crippen molar-refractivity contribution in [2.24, 2.45) is 0 Å². The molecule has 0 atom stereocenters. The summed E-state index contributed by atoms with van der Waals surface area (Å²) in [6, 6.07) is 10.2. The quantitative estimate of drug-likeness (QED) is 0.695. The van der Waals surface area contributed by atoms with Crippen molar-refractivity contribution in [3.63, 3.8) is 0 Å². The monoisotopic (exact) mass is 191 g/mol. The minimum absolute atomic E-state index is 0.810. The van der Waals surface area contributed by atoms with Crippen LogP contribution < -0.4 is 0 Å². The van der Waals surface area contributed by atoms with Gasteiger partial charge in [0.1, 0.15) is 12.7 Å². The van der Waals surface area contributed by atoms with Crippen LogP contribution in [0.15, 0.2) is 47.9 Å². The van der Waals surface area contributed by atoms with Crippen molar-refractivity contribution in [3.8, 4) is 0 Å². The summed E-state index contributed by atoms with van der Waals surface area (Å²) in [5.74, 6) is 0.810. The summed E-state index contributed by atoms with van der Waals surface area (Å²) in [7, 11) is 0. The van der Waals surface area contributed by atoms with Crippen LogP contribution in [0.25, 0.3) is 0 Å². The highest BCUT2D eigenvalue weighted by molar-refractivity contribution is 7.98.